The fourth-order valence-electron chi connectivity index (χ4n) is 2.75. The van der Waals surface area contributed by atoms with Gasteiger partial charge in [-0.15, -0.1) is 0 Å². The van der Waals surface area contributed by atoms with E-state index in [1.807, 2.05) is 30.3 Å². The van der Waals surface area contributed by atoms with Gasteiger partial charge in [-0.25, -0.2) is 4.79 Å². The van der Waals surface area contributed by atoms with E-state index in [1.54, 1.807) is 6.92 Å². The van der Waals surface area contributed by atoms with Crippen LogP contribution >= 0.6 is 7.60 Å². The SMILES string of the molecule is CCOC(=O)C1=C(CP(=O)(OC)OC)NC(=O)CC1c1ccccc1. The lowest BCUT2D eigenvalue weighted by molar-refractivity contribution is -0.139. The first-order chi connectivity index (χ1) is 11.9. The molecule has 1 unspecified atom stereocenters. The summed E-state index contributed by atoms with van der Waals surface area (Å²) in [5.41, 5.74) is 1.31. The quantitative estimate of drug-likeness (QED) is 0.588. The molecule has 0 saturated heterocycles. The standard InChI is InChI=1S/C17H22NO6P/c1-4-24-17(20)16-13(12-8-6-5-7-9-12)10-15(19)18-14(16)11-25(21,22-2)23-3/h5-9,13H,4,10-11H2,1-3H3,(H,18,19). The van der Waals surface area contributed by atoms with Crippen LogP contribution in [0, 0.1) is 0 Å². The van der Waals surface area contributed by atoms with Crippen molar-refractivity contribution in [3.8, 4) is 0 Å². The normalized spacial score (nSPS) is 18.0. The van der Waals surface area contributed by atoms with Crippen molar-refractivity contribution in [1.29, 1.82) is 0 Å². The van der Waals surface area contributed by atoms with E-state index in [2.05, 4.69) is 5.32 Å². The van der Waals surface area contributed by atoms with Gasteiger partial charge in [0.2, 0.25) is 5.91 Å². The average Bonchev–Trinajstić information content (AvgIpc) is 2.62. The molecule has 0 aliphatic carbocycles. The highest BCUT2D eigenvalue weighted by Crippen LogP contribution is 2.49. The number of benzene rings is 1. The Bertz CT molecular complexity index is 707. The monoisotopic (exact) mass is 367 g/mol. The number of nitrogens with one attached hydrogen (secondary N) is 1. The number of carbonyl (C=O) groups excluding carboxylic acids is 2. The fourth-order valence-corrected chi connectivity index (χ4v) is 3.79. The van der Waals surface area contributed by atoms with Crippen LogP contribution in [0.3, 0.4) is 0 Å². The molecule has 1 aromatic rings. The third-order valence-electron chi connectivity index (χ3n) is 3.96. The fraction of sp³-hybridized carbons (Fsp3) is 0.412. The van der Waals surface area contributed by atoms with Gasteiger partial charge in [-0.2, -0.15) is 0 Å². The van der Waals surface area contributed by atoms with Gasteiger partial charge >= 0.3 is 13.6 Å². The number of allylic oxidation sites excluding steroid dienone is 1. The van der Waals surface area contributed by atoms with Gasteiger partial charge in [-0.05, 0) is 12.5 Å². The third kappa shape index (κ3) is 4.57. The number of hydrogen-bond donors (Lipinski definition) is 1. The van der Waals surface area contributed by atoms with E-state index in [0.717, 1.165) is 5.56 Å². The molecule has 1 aliphatic heterocycles. The van der Waals surface area contributed by atoms with Crippen molar-refractivity contribution in [3.63, 3.8) is 0 Å². The van der Waals surface area contributed by atoms with Crippen LogP contribution in [0.15, 0.2) is 41.6 Å². The van der Waals surface area contributed by atoms with E-state index < -0.39 is 19.5 Å². The first-order valence-electron chi connectivity index (χ1n) is 7.89. The smallest absolute Gasteiger partial charge is 0.336 e. The molecule has 1 aliphatic rings. The first-order valence-corrected chi connectivity index (χ1v) is 9.62. The molecular formula is C17H22NO6P. The van der Waals surface area contributed by atoms with Crippen LogP contribution < -0.4 is 5.32 Å². The van der Waals surface area contributed by atoms with Crippen molar-refractivity contribution in [2.75, 3.05) is 27.0 Å². The first kappa shape index (κ1) is 19.4. The van der Waals surface area contributed by atoms with Gasteiger partial charge in [0.05, 0.1) is 18.3 Å². The maximum absolute atomic E-state index is 12.6. The van der Waals surface area contributed by atoms with Crippen molar-refractivity contribution in [2.45, 2.75) is 19.3 Å². The molecule has 1 heterocycles. The van der Waals surface area contributed by atoms with Crippen LogP contribution in [0.5, 0.6) is 0 Å². The van der Waals surface area contributed by atoms with Crippen molar-refractivity contribution in [3.05, 3.63) is 47.2 Å². The summed E-state index contributed by atoms with van der Waals surface area (Å²) in [6.45, 7) is 1.89. The molecular weight excluding hydrogens is 345 g/mol. The van der Waals surface area contributed by atoms with Crippen LogP contribution in [0.4, 0.5) is 0 Å². The maximum atomic E-state index is 12.6. The lowest BCUT2D eigenvalue weighted by Gasteiger charge is -2.29. The van der Waals surface area contributed by atoms with E-state index in [-0.39, 0.29) is 36.4 Å². The summed E-state index contributed by atoms with van der Waals surface area (Å²) >= 11 is 0. The number of esters is 1. The van der Waals surface area contributed by atoms with Gasteiger partial charge in [-0.1, -0.05) is 30.3 Å². The minimum atomic E-state index is -3.47. The highest BCUT2D eigenvalue weighted by Gasteiger charge is 2.37. The van der Waals surface area contributed by atoms with Gasteiger partial charge in [0.25, 0.3) is 0 Å². The van der Waals surface area contributed by atoms with E-state index in [0.29, 0.717) is 0 Å². The van der Waals surface area contributed by atoms with Gasteiger partial charge < -0.3 is 19.1 Å². The van der Waals surface area contributed by atoms with Crippen LogP contribution in [-0.2, 0) is 27.9 Å². The van der Waals surface area contributed by atoms with Gasteiger partial charge in [-0.3, -0.25) is 9.36 Å². The molecule has 0 fully saturated rings. The number of hydrogen-bond acceptors (Lipinski definition) is 6. The molecule has 0 aromatic heterocycles. The van der Waals surface area contributed by atoms with Crippen LogP contribution in [0.1, 0.15) is 24.8 Å². The Morgan fingerprint density at radius 3 is 2.44 bits per heavy atom. The van der Waals surface area contributed by atoms with E-state index >= 15 is 0 Å². The predicted molar refractivity (Wildman–Crippen MR) is 92.1 cm³/mol. The van der Waals surface area contributed by atoms with Crippen LogP contribution in [0.2, 0.25) is 0 Å². The van der Waals surface area contributed by atoms with Gasteiger partial charge in [0.1, 0.15) is 0 Å². The second-order valence-corrected chi connectivity index (χ2v) is 7.73. The Balaban J connectivity index is 2.54. The molecule has 7 nitrogen and oxygen atoms in total. The van der Waals surface area contributed by atoms with E-state index in [1.165, 1.54) is 14.2 Å². The molecule has 1 atom stereocenters. The van der Waals surface area contributed by atoms with E-state index in [4.69, 9.17) is 13.8 Å². The Morgan fingerprint density at radius 2 is 1.88 bits per heavy atom. The minimum Gasteiger partial charge on any atom is -0.463 e. The molecule has 0 bridgehead atoms. The lowest BCUT2D eigenvalue weighted by atomic mass is 9.84. The van der Waals surface area contributed by atoms with Crippen molar-refractivity contribution >= 4 is 19.5 Å². The Hall–Kier alpha value is -1.95. The highest BCUT2D eigenvalue weighted by atomic mass is 31.2. The molecule has 136 valence electrons. The molecule has 1 N–H and O–H groups in total. The van der Waals surface area contributed by atoms with Gasteiger partial charge in [0.15, 0.2) is 0 Å². The number of amides is 1. The van der Waals surface area contributed by atoms with Crippen LogP contribution in [0.25, 0.3) is 0 Å². The predicted octanol–water partition coefficient (Wildman–Crippen LogP) is 2.59. The molecule has 1 aromatic carbocycles. The summed E-state index contributed by atoms with van der Waals surface area (Å²) in [5, 5.41) is 2.64. The van der Waals surface area contributed by atoms with Crippen LogP contribution in [-0.4, -0.2) is 38.9 Å². The number of carbonyl (C=O) groups is 2. The zero-order chi connectivity index (χ0) is 18.4. The summed E-state index contributed by atoms with van der Waals surface area (Å²) in [6, 6.07) is 9.20. The molecule has 8 heteroatoms. The average molecular weight is 367 g/mol. The third-order valence-corrected chi connectivity index (χ3v) is 5.78. The largest absolute Gasteiger partial charge is 0.463 e. The lowest BCUT2D eigenvalue weighted by Crippen LogP contribution is -2.36. The van der Waals surface area contributed by atoms with Crippen molar-refractivity contribution in [2.24, 2.45) is 0 Å². The minimum absolute atomic E-state index is 0.103. The molecule has 0 radical (unpaired) electrons. The summed E-state index contributed by atoms with van der Waals surface area (Å²) < 4.78 is 27.6. The zero-order valence-electron chi connectivity index (χ0n) is 14.5. The summed E-state index contributed by atoms with van der Waals surface area (Å²) in [4.78, 5) is 24.7. The Labute approximate surface area is 146 Å². The highest BCUT2D eigenvalue weighted by molar-refractivity contribution is 7.54. The number of rotatable bonds is 7. The Morgan fingerprint density at radius 1 is 1.24 bits per heavy atom. The zero-order valence-corrected chi connectivity index (χ0v) is 15.4. The van der Waals surface area contributed by atoms with E-state index in [9.17, 15) is 14.2 Å². The molecule has 0 saturated carbocycles. The second-order valence-electron chi connectivity index (χ2n) is 5.46. The van der Waals surface area contributed by atoms with Crippen molar-refractivity contribution < 1.29 is 27.9 Å². The molecule has 2 rings (SSSR count). The molecule has 25 heavy (non-hydrogen) atoms. The Kier molecular flexibility index (Phi) is 6.53. The number of ether oxygens (including phenoxy) is 1. The summed E-state index contributed by atoms with van der Waals surface area (Å²) in [7, 11) is -0.954. The molecule has 1 amide bonds. The maximum Gasteiger partial charge on any atom is 0.336 e. The second kappa shape index (κ2) is 8.43. The summed E-state index contributed by atoms with van der Waals surface area (Å²) in [5.74, 6) is -1.30. The summed E-state index contributed by atoms with van der Waals surface area (Å²) in [6.07, 6.45) is -0.116. The molecule has 0 spiro atoms. The van der Waals surface area contributed by atoms with Crippen molar-refractivity contribution in [1.82, 2.24) is 5.32 Å². The van der Waals surface area contributed by atoms with Gasteiger partial charge in [0, 0.05) is 32.3 Å². The topological polar surface area (TPSA) is 90.9 Å².